The van der Waals surface area contributed by atoms with E-state index in [1.807, 2.05) is 31.2 Å². The average molecular weight is 363 g/mol. The van der Waals surface area contributed by atoms with Crippen LogP contribution in [0.3, 0.4) is 0 Å². The first-order valence-corrected chi connectivity index (χ1v) is 8.58. The van der Waals surface area contributed by atoms with Crippen molar-refractivity contribution < 1.29 is 4.79 Å². The van der Waals surface area contributed by atoms with E-state index in [0.717, 1.165) is 24.2 Å². The molecular formula is C17H23ClN6O. The van der Waals surface area contributed by atoms with Gasteiger partial charge >= 0.3 is 0 Å². The standard InChI is InChI=1S/C17H22N6O.ClH/c1-11-20-21-22-23(11)16-4-2-3-13(10-16)19-17(24)9-12-7-14-5-6-15(8-12)18-14;/h2-4,10,12,14-15,18H,5-9H2,1H3,(H,19,24);1H. The molecule has 2 aliphatic heterocycles. The van der Waals surface area contributed by atoms with Crippen molar-refractivity contribution >= 4 is 24.0 Å². The van der Waals surface area contributed by atoms with E-state index in [0.29, 0.717) is 30.2 Å². The summed E-state index contributed by atoms with van der Waals surface area (Å²) in [5.74, 6) is 1.30. The molecule has 1 aromatic carbocycles. The van der Waals surface area contributed by atoms with Gasteiger partial charge in [-0.1, -0.05) is 6.07 Å². The summed E-state index contributed by atoms with van der Waals surface area (Å²) in [5.41, 5.74) is 1.62. The number of aryl methyl sites for hydroxylation is 1. The van der Waals surface area contributed by atoms with Gasteiger partial charge in [-0.15, -0.1) is 17.5 Å². The van der Waals surface area contributed by atoms with Crippen LogP contribution in [0, 0.1) is 12.8 Å². The molecule has 0 spiro atoms. The normalized spacial score (nSPS) is 24.6. The van der Waals surface area contributed by atoms with E-state index in [9.17, 15) is 4.79 Å². The Hall–Kier alpha value is -1.99. The lowest BCUT2D eigenvalue weighted by Crippen LogP contribution is -2.39. The van der Waals surface area contributed by atoms with Crippen molar-refractivity contribution in [1.82, 2.24) is 25.5 Å². The van der Waals surface area contributed by atoms with E-state index < -0.39 is 0 Å². The molecule has 2 aliphatic rings. The number of carbonyl (C=O) groups is 1. The Morgan fingerprint density at radius 1 is 1.32 bits per heavy atom. The molecule has 8 heteroatoms. The summed E-state index contributed by atoms with van der Waals surface area (Å²) < 4.78 is 1.65. The lowest BCUT2D eigenvalue weighted by molar-refractivity contribution is -0.117. The van der Waals surface area contributed by atoms with Crippen molar-refractivity contribution in [2.75, 3.05) is 5.32 Å². The van der Waals surface area contributed by atoms with E-state index in [1.54, 1.807) is 4.68 Å². The molecule has 3 heterocycles. The number of carbonyl (C=O) groups excluding carboxylic acids is 1. The zero-order chi connectivity index (χ0) is 16.5. The molecule has 2 aromatic rings. The van der Waals surface area contributed by atoms with Crippen molar-refractivity contribution in [3.8, 4) is 5.69 Å². The van der Waals surface area contributed by atoms with Crippen molar-refractivity contribution in [1.29, 1.82) is 0 Å². The maximum Gasteiger partial charge on any atom is 0.224 e. The van der Waals surface area contributed by atoms with Gasteiger partial charge in [0, 0.05) is 24.2 Å². The fourth-order valence-corrected chi connectivity index (χ4v) is 4.00. The SMILES string of the molecule is Cc1nnnn1-c1cccc(NC(=O)CC2CC3CCC(C2)N3)c1.Cl. The lowest BCUT2D eigenvalue weighted by atomic mass is 9.89. The number of rotatable bonds is 4. The Balaban J connectivity index is 0.00000182. The molecule has 2 atom stereocenters. The minimum absolute atomic E-state index is 0. The van der Waals surface area contributed by atoms with Crippen LogP contribution in [-0.4, -0.2) is 38.2 Å². The van der Waals surface area contributed by atoms with Crippen molar-refractivity contribution in [2.24, 2.45) is 5.92 Å². The second kappa shape index (κ2) is 7.49. The number of halogens is 1. The second-order valence-corrected chi connectivity index (χ2v) is 6.92. The number of benzene rings is 1. The van der Waals surface area contributed by atoms with Gasteiger partial charge in [0.05, 0.1) is 5.69 Å². The molecule has 2 bridgehead atoms. The zero-order valence-corrected chi connectivity index (χ0v) is 15.0. The predicted molar refractivity (Wildman–Crippen MR) is 97.1 cm³/mol. The van der Waals surface area contributed by atoms with Gasteiger partial charge in [0.2, 0.25) is 5.91 Å². The number of tetrazole rings is 1. The molecule has 2 N–H and O–H groups in total. The van der Waals surface area contributed by atoms with E-state index in [2.05, 4.69) is 26.2 Å². The minimum Gasteiger partial charge on any atom is -0.326 e. The molecule has 1 amide bonds. The number of piperidine rings is 1. The van der Waals surface area contributed by atoms with Gasteiger partial charge in [-0.25, -0.2) is 0 Å². The Labute approximate surface area is 153 Å². The summed E-state index contributed by atoms with van der Waals surface area (Å²) in [4.78, 5) is 12.4. The first-order chi connectivity index (χ1) is 11.7. The Bertz CT molecular complexity index is 736. The van der Waals surface area contributed by atoms with Gasteiger partial charge in [-0.05, 0) is 67.2 Å². The van der Waals surface area contributed by atoms with E-state index in [-0.39, 0.29) is 18.3 Å². The highest BCUT2D eigenvalue weighted by Gasteiger charge is 2.34. The molecular weight excluding hydrogens is 340 g/mol. The largest absolute Gasteiger partial charge is 0.326 e. The fraction of sp³-hybridized carbons (Fsp3) is 0.529. The smallest absolute Gasteiger partial charge is 0.224 e. The number of amides is 1. The third-order valence-electron chi connectivity index (χ3n) is 5.04. The van der Waals surface area contributed by atoms with Crippen molar-refractivity contribution in [3.63, 3.8) is 0 Å². The van der Waals surface area contributed by atoms with E-state index >= 15 is 0 Å². The Morgan fingerprint density at radius 2 is 2.08 bits per heavy atom. The molecule has 2 unspecified atom stereocenters. The zero-order valence-electron chi connectivity index (χ0n) is 14.2. The average Bonchev–Trinajstić information content (AvgIpc) is 3.13. The third-order valence-corrected chi connectivity index (χ3v) is 5.04. The molecule has 0 aliphatic carbocycles. The van der Waals surface area contributed by atoms with Gasteiger partial charge in [-0.3, -0.25) is 4.79 Å². The summed E-state index contributed by atoms with van der Waals surface area (Å²) >= 11 is 0. The molecule has 4 rings (SSSR count). The molecule has 7 nitrogen and oxygen atoms in total. The molecule has 1 aromatic heterocycles. The topological polar surface area (TPSA) is 84.7 Å². The van der Waals surface area contributed by atoms with Gasteiger partial charge in [-0.2, -0.15) is 4.68 Å². The Kier molecular flexibility index (Phi) is 5.34. The summed E-state index contributed by atoms with van der Waals surface area (Å²) in [5, 5.41) is 18.1. The first kappa shape index (κ1) is 17.8. The lowest BCUT2D eigenvalue weighted by Gasteiger charge is -2.28. The van der Waals surface area contributed by atoms with Gasteiger partial charge in [0.25, 0.3) is 0 Å². The number of aromatic nitrogens is 4. The third kappa shape index (κ3) is 3.99. The molecule has 134 valence electrons. The highest BCUT2D eigenvalue weighted by atomic mass is 35.5. The molecule has 25 heavy (non-hydrogen) atoms. The highest BCUT2D eigenvalue weighted by molar-refractivity contribution is 5.91. The van der Waals surface area contributed by atoms with Crippen LogP contribution in [0.1, 0.15) is 37.9 Å². The second-order valence-electron chi connectivity index (χ2n) is 6.92. The van der Waals surface area contributed by atoms with Crippen LogP contribution in [0.4, 0.5) is 5.69 Å². The van der Waals surface area contributed by atoms with Crippen LogP contribution >= 0.6 is 12.4 Å². The number of anilines is 1. The predicted octanol–water partition coefficient (Wildman–Crippen LogP) is 2.25. The van der Waals surface area contributed by atoms with Crippen LogP contribution in [0.5, 0.6) is 0 Å². The number of hydrogen-bond acceptors (Lipinski definition) is 5. The summed E-state index contributed by atoms with van der Waals surface area (Å²) in [6, 6.07) is 8.85. The molecule has 0 radical (unpaired) electrons. The highest BCUT2D eigenvalue weighted by Crippen LogP contribution is 2.32. The molecule has 2 saturated heterocycles. The minimum atomic E-state index is 0. The van der Waals surface area contributed by atoms with Crippen LogP contribution < -0.4 is 10.6 Å². The van der Waals surface area contributed by atoms with E-state index in [1.165, 1.54) is 12.8 Å². The number of fused-ring (bicyclic) bond motifs is 2. The summed E-state index contributed by atoms with van der Waals surface area (Å²) in [6.45, 7) is 1.84. The van der Waals surface area contributed by atoms with E-state index in [4.69, 9.17) is 0 Å². The molecule has 2 fully saturated rings. The fourth-order valence-electron chi connectivity index (χ4n) is 4.00. The summed E-state index contributed by atoms with van der Waals surface area (Å²) in [6.07, 6.45) is 5.36. The summed E-state index contributed by atoms with van der Waals surface area (Å²) in [7, 11) is 0. The maximum atomic E-state index is 12.4. The van der Waals surface area contributed by atoms with Crippen LogP contribution in [-0.2, 0) is 4.79 Å². The maximum absolute atomic E-state index is 12.4. The number of hydrogen-bond donors (Lipinski definition) is 2. The van der Waals surface area contributed by atoms with Crippen LogP contribution in [0.25, 0.3) is 5.69 Å². The van der Waals surface area contributed by atoms with Gasteiger partial charge < -0.3 is 10.6 Å². The quantitative estimate of drug-likeness (QED) is 0.871. The number of nitrogens with zero attached hydrogens (tertiary/aromatic N) is 4. The first-order valence-electron chi connectivity index (χ1n) is 8.58. The van der Waals surface area contributed by atoms with Gasteiger partial charge in [0.1, 0.15) is 0 Å². The molecule has 0 saturated carbocycles. The number of nitrogens with one attached hydrogen (secondary N) is 2. The van der Waals surface area contributed by atoms with Crippen LogP contribution in [0.15, 0.2) is 24.3 Å². The Morgan fingerprint density at radius 3 is 2.76 bits per heavy atom. The monoisotopic (exact) mass is 362 g/mol. The van der Waals surface area contributed by atoms with Crippen molar-refractivity contribution in [3.05, 3.63) is 30.1 Å². The van der Waals surface area contributed by atoms with Crippen LogP contribution in [0.2, 0.25) is 0 Å². The van der Waals surface area contributed by atoms with Crippen molar-refractivity contribution in [2.45, 2.75) is 51.1 Å². The van der Waals surface area contributed by atoms with Gasteiger partial charge in [0.15, 0.2) is 5.82 Å².